The summed E-state index contributed by atoms with van der Waals surface area (Å²) >= 11 is 0. The van der Waals surface area contributed by atoms with Gasteiger partial charge in [-0.25, -0.2) is 4.39 Å². The highest BCUT2D eigenvalue weighted by atomic mass is 19.1. The number of ether oxygens (including phenoxy) is 3. The van der Waals surface area contributed by atoms with E-state index in [0.29, 0.717) is 65.4 Å². The van der Waals surface area contributed by atoms with Crippen LogP contribution in [0.5, 0.6) is 17.2 Å². The molecule has 0 saturated carbocycles. The minimum Gasteiger partial charge on any atom is -0.545 e. The predicted octanol–water partition coefficient (Wildman–Crippen LogP) is 4.69. The fraction of sp³-hybridized carbons (Fsp3) is 0.314. The SMILES string of the molecule is CCOc1cc(C(=O)N2CCC3(CC2)CC(=O)c2cc(-c4cnn(C)c4)ccc2O3)cc(OCC)c1-c1ccc(F)c(C(=O)[O-])c1. The Morgan fingerprint density at radius 2 is 1.65 bits per heavy atom. The molecule has 2 aliphatic heterocycles. The number of piperidine rings is 1. The van der Waals surface area contributed by atoms with Crippen LogP contribution in [0, 0.1) is 5.82 Å². The Morgan fingerprint density at radius 1 is 0.978 bits per heavy atom. The number of aryl methyl sites for hydroxylation is 1. The van der Waals surface area contributed by atoms with E-state index in [4.69, 9.17) is 14.2 Å². The van der Waals surface area contributed by atoms with Gasteiger partial charge in [-0.15, -0.1) is 0 Å². The number of aromatic carboxylic acids is 1. The Bertz CT molecular complexity index is 1810. The third kappa shape index (κ3) is 5.80. The zero-order valence-corrected chi connectivity index (χ0v) is 25.8. The number of fused-ring (bicyclic) bond motifs is 1. The van der Waals surface area contributed by atoms with Gasteiger partial charge in [0.05, 0.1) is 42.9 Å². The average molecular weight is 627 g/mol. The summed E-state index contributed by atoms with van der Waals surface area (Å²) in [5.74, 6) is -1.67. The second-order valence-corrected chi connectivity index (χ2v) is 11.5. The molecule has 10 nitrogen and oxygen atoms in total. The van der Waals surface area contributed by atoms with Crippen LogP contribution in [0.1, 0.15) is 64.2 Å². The Labute approximate surface area is 265 Å². The number of likely N-dealkylation sites (tertiary alicyclic amines) is 1. The minimum atomic E-state index is -1.65. The molecule has 1 amide bonds. The van der Waals surface area contributed by atoms with Gasteiger partial charge in [0.1, 0.15) is 28.7 Å². The molecule has 0 aliphatic carbocycles. The van der Waals surface area contributed by atoms with Crippen molar-refractivity contribution in [3.8, 4) is 39.5 Å². The standard InChI is InChI=1S/C35H34FN3O7/c1-4-44-30-16-23(17-31(45-5-2)32(30)22-6-8-27(36)25(15-22)34(42)43)33(41)39-12-10-35(11-13-39)18-28(40)26-14-21(7-9-29(26)46-35)24-19-37-38(3)20-24/h6-9,14-17,19-20H,4-5,10-13,18H2,1-3H3,(H,42,43)/p-1. The number of hydrogen-bond donors (Lipinski definition) is 0. The molecule has 0 radical (unpaired) electrons. The largest absolute Gasteiger partial charge is 0.545 e. The van der Waals surface area contributed by atoms with Crippen LogP contribution in [-0.4, -0.2) is 64.2 Å². The molecule has 4 aromatic rings. The normalized spacial score (nSPS) is 15.3. The van der Waals surface area contributed by atoms with Gasteiger partial charge in [0, 0.05) is 55.9 Å². The fourth-order valence-corrected chi connectivity index (χ4v) is 6.20. The Kier molecular flexibility index (Phi) is 8.24. The van der Waals surface area contributed by atoms with E-state index in [9.17, 15) is 23.9 Å². The highest BCUT2D eigenvalue weighted by molar-refractivity contribution is 6.02. The molecule has 1 fully saturated rings. The van der Waals surface area contributed by atoms with Crippen molar-refractivity contribution >= 4 is 17.7 Å². The summed E-state index contributed by atoms with van der Waals surface area (Å²) in [4.78, 5) is 40.4. The lowest BCUT2D eigenvalue weighted by molar-refractivity contribution is -0.255. The minimum absolute atomic E-state index is 0.00713. The van der Waals surface area contributed by atoms with Gasteiger partial charge in [-0.05, 0) is 61.4 Å². The molecule has 238 valence electrons. The molecule has 3 heterocycles. The monoisotopic (exact) mass is 626 g/mol. The van der Waals surface area contributed by atoms with Crippen molar-refractivity contribution in [1.82, 2.24) is 14.7 Å². The van der Waals surface area contributed by atoms with Crippen molar-refractivity contribution in [3.63, 3.8) is 0 Å². The Balaban J connectivity index is 1.23. The number of carboxylic acids is 1. The number of halogens is 1. The van der Waals surface area contributed by atoms with Crippen LogP contribution in [0.4, 0.5) is 4.39 Å². The molecule has 1 saturated heterocycles. The number of carbonyl (C=O) groups excluding carboxylic acids is 3. The van der Waals surface area contributed by atoms with Gasteiger partial charge in [0.25, 0.3) is 5.91 Å². The quantitative estimate of drug-likeness (QED) is 0.276. The molecular formula is C35H33FN3O7-. The summed E-state index contributed by atoms with van der Waals surface area (Å²) in [5, 5.41) is 15.7. The fourth-order valence-electron chi connectivity index (χ4n) is 6.20. The number of rotatable bonds is 8. The molecule has 2 aliphatic rings. The summed E-state index contributed by atoms with van der Waals surface area (Å²) in [7, 11) is 1.84. The first-order chi connectivity index (χ1) is 22.1. The van der Waals surface area contributed by atoms with Crippen molar-refractivity contribution in [3.05, 3.63) is 83.4 Å². The van der Waals surface area contributed by atoms with E-state index in [1.54, 1.807) is 41.8 Å². The van der Waals surface area contributed by atoms with Gasteiger partial charge in [0.2, 0.25) is 0 Å². The van der Waals surface area contributed by atoms with Crippen molar-refractivity contribution in [2.45, 2.75) is 38.7 Å². The van der Waals surface area contributed by atoms with E-state index in [0.717, 1.165) is 17.2 Å². The smallest absolute Gasteiger partial charge is 0.254 e. The number of nitrogens with zero attached hydrogens (tertiary/aromatic N) is 3. The number of Topliss-reactive ketones (excluding diaryl/α,β-unsaturated/α-hetero) is 1. The predicted molar refractivity (Wildman–Crippen MR) is 165 cm³/mol. The Morgan fingerprint density at radius 3 is 2.26 bits per heavy atom. The molecule has 0 bridgehead atoms. The first-order valence-corrected chi connectivity index (χ1v) is 15.2. The Hall–Kier alpha value is -5.19. The third-order valence-corrected chi connectivity index (χ3v) is 8.48. The molecular weight excluding hydrogens is 593 g/mol. The first kappa shape index (κ1) is 30.8. The van der Waals surface area contributed by atoms with Crippen molar-refractivity contribution in [2.75, 3.05) is 26.3 Å². The zero-order chi connectivity index (χ0) is 32.6. The molecule has 0 N–H and O–H groups in total. The molecule has 3 aromatic carbocycles. The maximum absolute atomic E-state index is 14.2. The summed E-state index contributed by atoms with van der Waals surface area (Å²) in [6, 6.07) is 12.4. The molecule has 6 rings (SSSR count). The summed E-state index contributed by atoms with van der Waals surface area (Å²) in [6.07, 6.45) is 4.82. The number of hydrogen-bond acceptors (Lipinski definition) is 8. The van der Waals surface area contributed by atoms with Crippen LogP contribution < -0.4 is 19.3 Å². The van der Waals surface area contributed by atoms with Crippen LogP contribution in [0.2, 0.25) is 0 Å². The number of carboxylic acid groups (broad SMARTS) is 1. The van der Waals surface area contributed by atoms with Crippen molar-refractivity contribution in [2.24, 2.45) is 7.05 Å². The van der Waals surface area contributed by atoms with Gasteiger partial charge in [0.15, 0.2) is 5.78 Å². The highest BCUT2D eigenvalue weighted by Crippen LogP contribution is 2.43. The van der Waals surface area contributed by atoms with E-state index >= 15 is 0 Å². The van der Waals surface area contributed by atoms with Crippen molar-refractivity contribution in [1.29, 1.82) is 0 Å². The van der Waals surface area contributed by atoms with Gasteiger partial charge in [-0.1, -0.05) is 12.1 Å². The van der Waals surface area contributed by atoms with E-state index in [-0.39, 0.29) is 31.3 Å². The summed E-state index contributed by atoms with van der Waals surface area (Å²) in [6.45, 7) is 4.82. The molecule has 11 heteroatoms. The van der Waals surface area contributed by atoms with E-state index < -0.39 is 23.0 Å². The van der Waals surface area contributed by atoms with Gasteiger partial charge < -0.3 is 29.0 Å². The van der Waals surface area contributed by atoms with E-state index in [1.807, 2.05) is 31.4 Å². The lowest BCUT2D eigenvalue weighted by Gasteiger charge is -2.44. The topological polar surface area (TPSA) is 123 Å². The zero-order valence-electron chi connectivity index (χ0n) is 25.8. The van der Waals surface area contributed by atoms with Crippen LogP contribution in [0.3, 0.4) is 0 Å². The van der Waals surface area contributed by atoms with Gasteiger partial charge in [-0.3, -0.25) is 14.3 Å². The average Bonchev–Trinajstić information content (AvgIpc) is 3.47. The number of amides is 1. The number of ketones is 1. The van der Waals surface area contributed by atoms with Crippen LogP contribution >= 0.6 is 0 Å². The molecule has 0 atom stereocenters. The van der Waals surface area contributed by atoms with Crippen LogP contribution in [0.15, 0.2) is 60.9 Å². The number of benzene rings is 3. The summed E-state index contributed by atoms with van der Waals surface area (Å²) in [5.41, 5.74) is 2.13. The first-order valence-electron chi connectivity index (χ1n) is 15.2. The molecule has 1 spiro atoms. The van der Waals surface area contributed by atoms with E-state index in [1.165, 1.54) is 12.1 Å². The van der Waals surface area contributed by atoms with Gasteiger partial charge in [-0.2, -0.15) is 5.10 Å². The lowest BCUT2D eigenvalue weighted by Crippen LogP contribution is -2.52. The maximum atomic E-state index is 14.2. The van der Waals surface area contributed by atoms with E-state index in [2.05, 4.69) is 5.10 Å². The third-order valence-electron chi connectivity index (χ3n) is 8.48. The molecule has 46 heavy (non-hydrogen) atoms. The van der Waals surface area contributed by atoms with Crippen LogP contribution in [0.25, 0.3) is 22.3 Å². The van der Waals surface area contributed by atoms with Gasteiger partial charge >= 0.3 is 0 Å². The molecule has 1 aromatic heterocycles. The second-order valence-electron chi connectivity index (χ2n) is 11.5. The highest BCUT2D eigenvalue weighted by Gasteiger charge is 2.44. The number of aromatic nitrogens is 2. The number of carbonyl (C=O) groups is 3. The van der Waals surface area contributed by atoms with Crippen LogP contribution in [-0.2, 0) is 7.05 Å². The summed E-state index contributed by atoms with van der Waals surface area (Å²) < 4.78 is 34.1. The second kappa shape index (κ2) is 12.3. The lowest BCUT2D eigenvalue weighted by atomic mass is 9.82. The maximum Gasteiger partial charge on any atom is 0.254 e. The molecule has 0 unspecified atom stereocenters. The van der Waals surface area contributed by atoms with Crippen molar-refractivity contribution < 1.29 is 38.1 Å².